The number of alkyl halides is 2. The van der Waals surface area contributed by atoms with Gasteiger partial charge in [-0.25, -0.2) is 22.0 Å². The molecule has 8 heteroatoms. The molecule has 0 saturated heterocycles. The van der Waals surface area contributed by atoms with Crippen LogP contribution in [0.15, 0.2) is 48.5 Å². The Bertz CT molecular complexity index is 1190. The van der Waals surface area contributed by atoms with Crippen LogP contribution in [0.2, 0.25) is 0 Å². The molecular weight excluding hydrogens is 497 g/mol. The highest BCUT2D eigenvalue weighted by Crippen LogP contribution is 2.38. The molecule has 1 nitrogen and oxygen atoms in total. The second-order valence-corrected chi connectivity index (χ2v) is 9.85. The first kappa shape index (κ1) is 27.0. The zero-order valence-corrected chi connectivity index (χ0v) is 20.3. The SMILES string of the molecule is CC1CCCC(CCc2ccc(-c3cc(F)c(C(F)(F)Oc4cc(F)c(F)c(F)c4)c(F)c3)cc2)CC1. The molecule has 1 aliphatic rings. The smallest absolute Gasteiger partial charge is 0.429 e. The Hall–Kier alpha value is -3.03. The summed E-state index contributed by atoms with van der Waals surface area (Å²) in [6.45, 7) is 2.29. The Morgan fingerprint density at radius 3 is 2.00 bits per heavy atom. The summed E-state index contributed by atoms with van der Waals surface area (Å²) in [6.07, 6.45) is 3.56. The van der Waals surface area contributed by atoms with Gasteiger partial charge in [-0.2, -0.15) is 8.78 Å². The van der Waals surface area contributed by atoms with Crippen molar-refractivity contribution in [3.63, 3.8) is 0 Å². The number of rotatable bonds is 7. The van der Waals surface area contributed by atoms with Gasteiger partial charge < -0.3 is 4.74 Å². The summed E-state index contributed by atoms with van der Waals surface area (Å²) in [5, 5.41) is 0. The zero-order chi connectivity index (χ0) is 26.7. The monoisotopic (exact) mass is 524 g/mol. The van der Waals surface area contributed by atoms with Crippen molar-refractivity contribution >= 4 is 0 Å². The van der Waals surface area contributed by atoms with E-state index in [1.807, 2.05) is 12.1 Å². The maximum atomic E-state index is 14.7. The molecule has 4 rings (SSSR count). The van der Waals surface area contributed by atoms with E-state index in [2.05, 4.69) is 11.7 Å². The van der Waals surface area contributed by atoms with Crippen LogP contribution in [-0.4, -0.2) is 0 Å². The van der Waals surface area contributed by atoms with E-state index in [-0.39, 0.29) is 17.7 Å². The minimum Gasteiger partial charge on any atom is -0.429 e. The molecule has 0 N–H and O–H groups in total. The second kappa shape index (κ2) is 11.2. The highest BCUT2D eigenvalue weighted by molar-refractivity contribution is 5.64. The Kier molecular flexibility index (Phi) is 8.14. The first-order valence-electron chi connectivity index (χ1n) is 12.3. The van der Waals surface area contributed by atoms with Gasteiger partial charge in [0.15, 0.2) is 17.5 Å². The largest absolute Gasteiger partial charge is 0.432 e. The molecule has 0 aromatic heterocycles. The van der Waals surface area contributed by atoms with Gasteiger partial charge in [0.1, 0.15) is 22.9 Å². The van der Waals surface area contributed by atoms with Gasteiger partial charge >= 0.3 is 6.11 Å². The molecule has 1 aliphatic carbocycles. The number of hydrogen-bond acceptors (Lipinski definition) is 1. The average molecular weight is 525 g/mol. The summed E-state index contributed by atoms with van der Waals surface area (Å²) < 4.78 is 102. The van der Waals surface area contributed by atoms with Gasteiger partial charge in [0.25, 0.3) is 0 Å². The highest BCUT2D eigenvalue weighted by atomic mass is 19.3. The van der Waals surface area contributed by atoms with Crippen LogP contribution < -0.4 is 4.74 Å². The molecular formula is C29H27F7O. The molecule has 1 fully saturated rings. The minimum absolute atomic E-state index is 0.0396. The standard InChI is InChI=1S/C29H27F7O/c1-17-3-2-4-18(6-5-17)7-8-19-9-11-20(12-10-19)21-13-23(30)27(24(31)14-21)29(35,36)37-22-15-25(32)28(34)26(33)16-22/h9-18H,2-8H2,1H3. The van der Waals surface area contributed by atoms with Crippen LogP contribution in [0.25, 0.3) is 11.1 Å². The lowest BCUT2D eigenvalue weighted by Crippen LogP contribution is -2.25. The molecule has 0 heterocycles. The highest BCUT2D eigenvalue weighted by Gasteiger charge is 2.41. The molecule has 3 aromatic rings. The molecule has 198 valence electrons. The Morgan fingerprint density at radius 1 is 0.757 bits per heavy atom. The first-order valence-corrected chi connectivity index (χ1v) is 12.3. The Morgan fingerprint density at radius 2 is 1.38 bits per heavy atom. The fourth-order valence-corrected chi connectivity index (χ4v) is 4.90. The van der Waals surface area contributed by atoms with E-state index in [0.717, 1.165) is 36.5 Å². The van der Waals surface area contributed by atoms with Crippen LogP contribution in [0.3, 0.4) is 0 Å². The third-order valence-electron chi connectivity index (χ3n) is 7.04. The van der Waals surface area contributed by atoms with E-state index in [4.69, 9.17) is 0 Å². The molecule has 3 aromatic carbocycles. The van der Waals surface area contributed by atoms with Crippen molar-refractivity contribution in [3.8, 4) is 16.9 Å². The summed E-state index contributed by atoms with van der Waals surface area (Å²) >= 11 is 0. The number of ether oxygens (including phenoxy) is 1. The summed E-state index contributed by atoms with van der Waals surface area (Å²) in [5.74, 6) is -8.32. The Labute approximate surface area is 211 Å². The zero-order valence-electron chi connectivity index (χ0n) is 20.3. The van der Waals surface area contributed by atoms with Crippen LogP contribution >= 0.6 is 0 Å². The molecule has 0 bridgehead atoms. The predicted octanol–water partition coefficient (Wildman–Crippen LogP) is 9.33. The maximum absolute atomic E-state index is 14.7. The van der Waals surface area contributed by atoms with E-state index < -0.39 is 46.5 Å². The molecule has 0 spiro atoms. The minimum atomic E-state index is -4.62. The van der Waals surface area contributed by atoms with Crippen molar-refractivity contribution in [2.24, 2.45) is 11.8 Å². The van der Waals surface area contributed by atoms with Crippen molar-refractivity contribution in [1.82, 2.24) is 0 Å². The summed E-state index contributed by atoms with van der Waals surface area (Å²) in [5.41, 5.74) is -0.172. The van der Waals surface area contributed by atoms with Crippen molar-refractivity contribution in [2.45, 2.75) is 58.0 Å². The molecule has 37 heavy (non-hydrogen) atoms. The van der Waals surface area contributed by atoms with Gasteiger partial charge in [0.05, 0.1) is 0 Å². The van der Waals surface area contributed by atoms with Crippen molar-refractivity contribution in [2.75, 3.05) is 0 Å². The van der Waals surface area contributed by atoms with Gasteiger partial charge in [-0.3, -0.25) is 0 Å². The first-order chi connectivity index (χ1) is 17.5. The number of aryl methyl sites for hydroxylation is 1. The summed E-state index contributed by atoms with van der Waals surface area (Å²) in [6, 6.07) is 8.87. The number of benzene rings is 3. The van der Waals surface area contributed by atoms with E-state index in [1.165, 1.54) is 32.1 Å². The third kappa shape index (κ3) is 6.46. The number of halogens is 7. The molecule has 0 aliphatic heterocycles. The maximum Gasteiger partial charge on any atom is 0.432 e. The van der Waals surface area contributed by atoms with Crippen LogP contribution in [0, 0.1) is 40.9 Å². The fraction of sp³-hybridized carbons (Fsp3) is 0.379. The predicted molar refractivity (Wildman–Crippen MR) is 127 cm³/mol. The second-order valence-electron chi connectivity index (χ2n) is 9.85. The van der Waals surface area contributed by atoms with E-state index in [9.17, 15) is 30.7 Å². The van der Waals surface area contributed by atoms with Gasteiger partial charge in [-0.15, -0.1) is 0 Å². The number of hydrogen-bond donors (Lipinski definition) is 0. The topological polar surface area (TPSA) is 9.23 Å². The van der Waals surface area contributed by atoms with Crippen LogP contribution in [0.4, 0.5) is 30.7 Å². The van der Waals surface area contributed by atoms with Crippen molar-refractivity contribution in [1.29, 1.82) is 0 Å². The van der Waals surface area contributed by atoms with E-state index in [0.29, 0.717) is 11.5 Å². The Balaban J connectivity index is 1.47. The molecule has 2 atom stereocenters. The van der Waals surface area contributed by atoms with Crippen LogP contribution in [0.5, 0.6) is 5.75 Å². The molecule has 1 saturated carbocycles. The fourth-order valence-electron chi connectivity index (χ4n) is 4.90. The molecule has 0 radical (unpaired) electrons. The summed E-state index contributed by atoms with van der Waals surface area (Å²) in [7, 11) is 0. The van der Waals surface area contributed by atoms with Gasteiger partial charge in [0.2, 0.25) is 0 Å². The lowest BCUT2D eigenvalue weighted by Gasteiger charge is -2.20. The summed E-state index contributed by atoms with van der Waals surface area (Å²) in [4.78, 5) is 0. The van der Waals surface area contributed by atoms with E-state index in [1.54, 1.807) is 12.1 Å². The van der Waals surface area contributed by atoms with Crippen LogP contribution in [-0.2, 0) is 12.5 Å². The van der Waals surface area contributed by atoms with Crippen molar-refractivity contribution in [3.05, 3.63) is 88.7 Å². The van der Waals surface area contributed by atoms with Crippen molar-refractivity contribution < 1.29 is 35.5 Å². The van der Waals surface area contributed by atoms with Gasteiger partial charge in [-0.1, -0.05) is 63.3 Å². The lowest BCUT2D eigenvalue weighted by atomic mass is 9.92. The quantitative estimate of drug-likeness (QED) is 0.170. The molecule has 2 unspecified atom stereocenters. The van der Waals surface area contributed by atoms with Gasteiger partial charge in [-0.05, 0) is 53.5 Å². The van der Waals surface area contributed by atoms with Crippen LogP contribution in [0.1, 0.15) is 56.6 Å². The van der Waals surface area contributed by atoms with E-state index >= 15 is 0 Å². The average Bonchev–Trinajstić information content (AvgIpc) is 3.04. The van der Waals surface area contributed by atoms with Gasteiger partial charge in [0, 0.05) is 12.1 Å². The lowest BCUT2D eigenvalue weighted by molar-refractivity contribution is -0.189. The third-order valence-corrected chi connectivity index (χ3v) is 7.04. The molecule has 0 amide bonds. The normalized spacial score (nSPS) is 18.5.